The third-order valence-electron chi connectivity index (χ3n) is 4.56. The summed E-state index contributed by atoms with van der Waals surface area (Å²) in [6.45, 7) is 0.410. The first-order valence-electron chi connectivity index (χ1n) is 8.64. The number of aryl methyl sites for hydroxylation is 1. The number of carboxylic acids is 1. The fourth-order valence-corrected chi connectivity index (χ4v) is 4.45. The van der Waals surface area contributed by atoms with Crippen molar-refractivity contribution in [3.05, 3.63) is 60.0 Å². The Morgan fingerprint density at radius 1 is 1.37 bits per heavy atom. The van der Waals surface area contributed by atoms with Crippen LogP contribution >= 0.6 is 11.8 Å². The van der Waals surface area contributed by atoms with Crippen molar-refractivity contribution in [2.45, 2.75) is 23.8 Å². The van der Waals surface area contributed by atoms with Crippen LogP contribution in [-0.2, 0) is 18.4 Å². The van der Waals surface area contributed by atoms with Gasteiger partial charge in [-0.15, -0.1) is 11.8 Å². The lowest BCUT2D eigenvalue weighted by Crippen LogP contribution is -2.06. The zero-order valence-corrected chi connectivity index (χ0v) is 15.6. The lowest BCUT2D eigenvalue weighted by molar-refractivity contribution is -0.137. The fourth-order valence-electron chi connectivity index (χ4n) is 3.20. The Balaban J connectivity index is 1.46. The Morgan fingerprint density at radius 3 is 3.04 bits per heavy atom. The molecule has 0 unspecified atom stereocenters. The quantitative estimate of drug-likeness (QED) is 0.701. The summed E-state index contributed by atoms with van der Waals surface area (Å²) in [6.07, 6.45) is 5.59. The second kappa shape index (κ2) is 7.44. The number of hydrogen-bond donors (Lipinski definition) is 1. The number of aliphatic carboxylic acids is 1. The number of carboxylic acid groups (broad SMARTS) is 1. The van der Waals surface area contributed by atoms with Gasteiger partial charge in [0.05, 0.1) is 6.42 Å². The maximum atomic E-state index is 11.0. The van der Waals surface area contributed by atoms with Crippen molar-refractivity contribution in [2.75, 3.05) is 5.75 Å². The van der Waals surface area contributed by atoms with Gasteiger partial charge in [-0.2, -0.15) is 0 Å². The first-order valence-corrected chi connectivity index (χ1v) is 9.62. The molecule has 1 aromatic carbocycles. The van der Waals surface area contributed by atoms with Crippen LogP contribution in [0.5, 0.6) is 5.88 Å². The van der Waals surface area contributed by atoms with Gasteiger partial charge >= 0.3 is 5.97 Å². The van der Waals surface area contributed by atoms with Crippen LogP contribution < -0.4 is 4.74 Å². The molecule has 138 valence electrons. The highest BCUT2D eigenvalue weighted by Crippen LogP contribution is 2.42. The van der Waals surface area contributed by atoms with Gasteiger partial charge in [0.2, 0.25) is 5.88 Å². The summed E-state index contributed by atoms with van der Waals surface area (Å²) >= 11 is 1.66. The zero-order valence-electron chi connectivity index (χ0n) is 14.8. The van der Waals surface area contributed by atoms with E-state index in [0.717, 1.165) is 33.2 Å². The molecule has 3 aromatic rings. The van der Waals surface area contributed by atoms with Gasteiger partial charge in [0.15, 0.2) is 0 Å². The van der Waals surface area contributed by atoms with Gasteiger partial charge in [-0.3, -0.25) is 4.79 Å². The van der Waals surface area contributed by atoms with E-state index in [1.807, 2.05) is 42.1 Å². The van der Waals surface area contributed by atoms with E-state index in [1.165, 1.54) is 0 Å². The van der Waals surface area contributed by atoms with Gasteiger partial charge in [-0.25, -0.2) is 9.97 Å². The van der Waals surface area contributed by atoms with Crippen LogP contribution in [0.3, 0.4) is 0 Å². The Bertz CT molecular complexity index is 986. The molecule has 2 aromatic heterocycles. The molecule has 6 nitrogen and oxygen atoms in total. The number of rotatable bonds is 6. The molecule has 1 N–H and O–H groups in total. The summed E-state index contributed by atoms with van der Waals surface area (Å²) in [5.41, 5.74) is 3.08. The maximum absolute atomic E-state index is 11.0. The summed E-state index contributed by atoms with van der Waals surface area (Å²) in [5, 5.41) is 9.01. The van der Waals surface area contributed by atoms with Crippen LogP contribution in [0.15, 0.2) is 53.8 Å². The smallest absolute Gasteiger partial charge is 0.303 e. The monoisotopic (exact) mass is 381 g/mol. The van der Waals surface area contributed by atoms with E-state index in [2.05, 4.69) is 16.0 Å². The number of imidazole rings is 1. The molecule has 27 heavy (non-hydrogen) atoms. The standard InChI is InChI=1S/C20H19N3O3S/c1-23-6-5-21-20(23)14-4-2-3-13(7-14)11-26-18-9-17-16(10-22-18)15(12-27-17)8-19(24)25/h2-7,9-10,15H,8,11-12H2,1H3,(H,24,25)/t15-/m1/s1. The highest BCUT2D eigenvalue weighted by molar-refractivity contribution is 7.99. The number of aromatic nitrogens is 3. The summed E-state index contributed by atoms with van der Waals surface area (Å²) in [5.74, 6) is 1.49. The molecule has 1 aliphatic heterocycles. The molecule has 3 heterocycles. The minimum Gasteiger partial charge on any atom is -0.481 e. The molecule has 0 saturated heterocycles. The number of nitrogens with zero attached hydrogens (tertiary/aromatic N) is 3. The highest BCUT2D eigenvalue weighted by Gasteiger charge is 2.26. The van der Waals surface area contributed by atoms with E-state index in [0.29, 0.717) is 12.5 Å². The van der Waals surface area contributed by atoms with Crippen molar-refractivity contribution < 1.29 is 14.6 Å². The number of benzene rings is 1. The normalized spacial score (nSPS) is 15.5. The lowest BCUT2D eigenvalue weighted by atomic mass is 10.00. The van der Waals surface area contributed by atoms with Gasteiger partial charge in [-0.05, 0) is 17.2 Å². The third kappa shape index (κ3) is 3.83. The number of ether oxygens (including phenoxy) is 1. The van der Waals surface area contributed by atoms with Crippen molar-refractivity contribution in [1.29, 1.82) is 0 Å². The first-order chi connectivity index (χ1) is 13.1. The van der Waals surface area contributed by atoms with Crippen LogP contribution in [0.1, 0.15) is 23.5 Å². The third-order valence-corrected chi connectivity index (χ3v) is 5.80. The van der Waals surface area contributed by atoms with E-state index in [4.69, 9.17) is 9.84 Å². The average molecular weight is 381 g/mol. The van der Waals surface area contributed by atoms with Crippen molar-refractivity contribution in [2.24, 2.45) is 7.05 Å². The van der Waals surface area contributed by atoms with E-state index in [-0.39, 0.29) is 12.3 Å². The molecule has 0 amide bonds. The maximum Gasteiger partial charge on any atom is 0.303 e. The predicted octanol–water partition coefficient (Wildman–Crippen LogP) is 3.73. The molecule has 1 atom stereocenters. The molecular weight excluding hydrogens is 362 g/mol. The van der Waals surface area contributed by atoms with Gasteiger partial charge in [-0.1, -0.05) is 18.2 Å². The molecule has 0 bridgehead atoms. The molecule has 4 rings (SSSR count). The molecule has 0 fully saturated rings. The zero-order chi connectivity index (χ0) is 18.8. The Labute approximate surface area is 161 Å². The molecule has 0 saturated carbocycles. The molecular formula is C20H19N3O3S. The van der Waals surface area contributed by atoms with Crippen LogP contribution in [-0.4, -0.2) is 31.4 Å². The largest absolute Gasteiger partial charge is 0.481 e. The first kappa shape index (κ1) is 17.6. The number of hydrogen-bond acceptors (Lipinski definition) is 5. The van der Waals surface area contributed by atoms with E-state index < -0.39 is 5.97 Å². The van der Waals surface area contributed by atoms with Crippen molar-refractivity contribution >= 4 is 17.7 Å². The van der Waals surface area contributed by atoms with Gasteiger partial charge in [0.25, 0.3) is 0 Å². The van der Waals surface area contributed by atoms with E-state index in [1.54, 1.807) is 24.2 Å². The van der Waals surface area contributed by atoms with E-state index in [9.17, 15) is 4.79 Å². The summed E-state index contributed by atoms with van der Waals surface area (Å²) in [6, 6.07) is 10.00. The fraction of sp³-hybridized carbons (Fsp3) is 0.250. The lowest BCUT2D eigenvalue weighted by Gasteiger charge is -2.10. The van der Waals surface area contributed by atoms with Gasteiger partial charge < -0.3 is 14.4 Å². The van der Waals surface area contributed by atoms with Crippen molar-refractivity contribution in [3.8, 4) is 17.3 Å². The number of carbonyl (C=O) groups is 1. The second-order valence-corrected chi connectivity index (χ2v) is 7.58. The second-order valence-electron chi connectivity index (χ2n) is 6.52. The van der Waals surface area contributed by atoms with Crippen molar-refractivity contribution in [1.82, 2.24) is 14.5 Å². The van der Waals surface area contributed by atoms with Crippen molar-refractivity contribution in [3.63, 3.8) is 0 Å². The molecule has 0 radical (unpaired) electrons. The van der Waals surface area contributed by atoms with Crippen LogP contribution in [0.2, 0.25) is 0 Å². The molecule has 0 spiro atoms. The minimum atomic E-state index is -0.777. The Hall–Kier alpha value is -2.80. The van der Waals surface area contributed by atoms with Crippen LogP contribution in [0.25, 0.3) is 11.4 Å². The summed E-state index contributed by atoms with van der Waals surface area (Å²) in [7, 11) is 1.97. The van der Waals surface area contributed by atoms with E-state index >= 15 is 0 Å². The summed E-state index contributed by atoms with van der Waals surface area (Å²) in [4.78, 5) is 20.8. The molecule has 7 heteroatoms. The number of thioether (sulfide) groups is 1. The number of fused-ring (bicyclic) bond motifs is 1. The van der Waals surface area contributed by atoms with Crippen LogP contribution in [0.4, 0.5) is 0 Å². The molecule has 1 aliphatic rings. The summed E-state index contributed by atoms with van der Waals surface area (Å²) < 4.78 is 7.85. The Kier molecular flexibility index (Phi) is 4.85. The topological polar surface area (TPSA) is 77.2 Å². The Morgan fingerprint density at radius 2 is 2.26 bits per heavy atom. The highest BCUT2D eigenvalue weighted by atomic mass is 32.2. The van der Waals surface area contributed by atoms with Gasteiger partial charge in [0.1, 0.15) is 12.4 Å². The number of pyridine rings is 1. The average Bonchev–Trinajstić information content (AvgIpc) is 3.26. The van der Waals surface area contributed by atoms with Gasteiger partial charge in [0, 0.05) is 53.8 Å². The predicted molar refractivity (Wildman–Crippen MR) is 103 cm³/mol. The SMILES string of the molecule is Cn1ccnc1-c1cccc(COc2cc3c(cn2)[C@H](CC(=O)O)CS3)c1. The van der Waals surface area contributed by atoms with Crippen LogP contribution in [0, 0.1) is 0 Å². The minimum absolute atomic E-state index is 0.0264. The molecule has 0 aliphatic carbocycles.